The van der Waals surface area contributed by atoms with Crippen molar-refractivity contribution < 1.29 is 9.52 Å². The summed E-state index contributed by atoms with van der Waals surface area (Å²) >= 11 is 0. The molecular formula is C14H20N4O2. The lowest BCUT2D eigenvalue weighted by Gasteiger charge is -2.33. The van der Waals surface area contributed by atoms with Gasteiger partial charge in [-0.3, -0.25) is 9.80 Å². The van der Waals surface area contributed by atoms with Gasteiger partial charge in [0.1, 0.15) is 5.52 Å². The van der Waals surface area contributed by atoms with Crippen LogP contribution in [0, 0.1) is 0 Å². The van der Waals surface area contributed by atoms with Crippen molar-refractivity contribution in [1.29, 1.82) is 0 Å². The van der Waals surface area contributed by atoms with Crippen molar-refractivity contribution in [1.82, 2.24) is 14.8 Å². The summed E-state index contributed by atoms with van der Waals surface area (Å²) in [6, 6.07) is 5.53. The number of β-amino-alcohol motifs (C(OH)–C–C–N with tert-alkyl or cyclic N) is 1. The van der Waals surface area contributed by atoms with Crippen molar-refractivity contribution in [2.24, 2.45) is 0 Å². The summed E-state index contributed by atoms with van der Waals surface area (Å²) in [5, 5.41) is 8.93. The molecule has 0 atom stereocenters. The Morgan fingerprint density at radius 2 is 1.95 bits per heavy atom. The van der Waals surface area contributed by atoms with Gasteiger partial charge in [0.15, 0.2) is 5.58 Å². The molecule has 0 spiro atoms. The lowest BCUT2D eigenvalue weighted by Crippen LogP contribution is -2.46. The Kier molecular flexibility index (Phi) is 3.86. The molecular weight excluding hydrogens is 256 g/mol. The standard InChI is InChI=1S/C14H20N4O2/c15-11-1-2-12-13(9-11)20-14(16-12)10-18-5-3-17(4-6-18)7-8-19/h1-2,9,19H,3-8,10,15H2. The molecule has 0 amide bonds. The van der Waals surface area contributed by atoms with E-state index in [4.69, 9.17) is 15.3 Å². The molecule has 3 N–H and O–H groups in total. The number of hydrogen-bond acceptors (Lipinski definition) is 6. The minimum Gasteiger partial charge on any atom is -0.439 e. The molecule has 3 rings (SSSR count). The quantitative estimate of drug-likeness (QED) is 0.793. The molecule has 1 aliphatic rings. The van der Waals surface area contributed by atoms with Gasteiger partial charge in [-0.05, 0) is 12.1 Å². The molecule has 2 aromatic rings. The van der Waals surface area contributed by atoms with E-state index in [1.165, 1.54) is 0 Å². The first-order valence-electron chi connectivity index (χ1n) is 6.95. The van der Waals surface area contributed by atoms with Gasteiger partial charge in [0.2, 0.25) is 5.89 Å². The number of hydrogen-bond donors (Lipinski definition) is 2. The van der Waals surface area contributed by atoms with Gasteiger partial charge >= 0.3 is 0 Å². The van der Waals surface area contributed by atoms with Crippen molar-refractivity contribution >= 4 is 16.8 Å². The fourth-order valence-electron chi connectivity index (χ4n) is 2.56. The van der Waals surface area contributed by atoms with E-state index in [1.54, 1.807) is 0 Å². The summed E-state index contributed by atoms with van der Waals surface area (Å²) in [5.41, 5.74) is 8.03. The second-order valence-corrected chi connectivity index (χ2v) is 5.18. The van der Waals surface area contributed by atoms with Crippen LogP contribution in [0.1, 0.15) is 5.89 Å². The van der Waals surface area contributed by atoms with E-state index in [9.17, 15) is 0 Å². The number of aliphatic hydroxyl groups excluding tert-OH is 1. The average Bonchev–Trinajstić information content (AvgIpc) is 2.82. The molecule has 1 aliphatic heterocycles. The largest absolute Gasteiger partial charge is 0.439 e. The highest BCUT2D eigenvalue weighted by atomic mass is 16.3. The van der Waals surface area contributed by atoms with Gasteiger partial charge < -0.3 is 15.3 Å². The van der Waals surface area contributed by atoms with Gasteiger partial charge in [-0.1, -0.05) is 0 Å². The third-order valence-electron chi connectivity index (χ3n) is 3.70. The van der Waals surface area contributed by atoms with Gasteiger partial charge in [0, 0.05) is 44.5 Å². The van der Waals surface area contributed by atoms with Crippen molar-refractivity contribution in [2.45, 2.75) is 6.54 Å². The molecule has 108 valence electrons. The van der Waals surface area contributed by atoms with E-state index in [2.05, 4.69) is 14.8 Å². The minimum atomic E-state index is 0.229. The monoisotopic (exact) mass is 276 g/mol. The molecule has 0 radical (unpaired) electrons. The fraction of sp³-hybridized carbons (Fsp3) is 0.500. The number of rotatable bonds is 4. The first-order valence-corrected chi connectivity index (χ1v) is 6.95. The summed E-state index contributed by atoms with van der Waals surface area (Å²) in [7, 11) is 0. The Bertz CT molecular complexity index is 576. The summed E-state index contributed by atoms with van der Waals surface area (Å²) in [6.45, 7) is 5.62. The number of piperazine rings is 1. The number of aromatic nitrogens is 1. The Hall–Kier alpha value is -1.63. The van der Waals surface area contributed by atoms with Crippen LogP contribution in [0.2, 0.25) is 0 Å². The predicted molar refractivity (Wildman–Crippen MR) is 77.2 cm³/mol. The highest BCUT2D eigenvalue weighted by Gasteiger charge is 2.18. The molecule has 0 saturated carbocycles. The predicted octanol–water partition coefficient (Wildman–Crippen LogP) is 0.520. The molecule has 1 aromatic carbocycles. The Morgan fingerprint density at radius 1 is 1.20 bits per heavy atom. The van der Waals surface area contributed by atoms with Crippen LogP contribution < -0.4 is 5.73 Å². The summed E-state index contributed by atoms with van der Waals surface area (Å²) in [4.78, 5) is 9.07. The summed E-state index contributed by atoms with van der Waals surface area (Å²) in [6.07, 6.45) is 0. The lowest BCUT2D eigenvalue weighted by atomic mass is 10.3. The van der Waals surface area contributed by atoms with Crippen molar-refractivity contribution in [2.75, 3.05) is 45.1 Å². The third-order valence-corrected chi connectivity index (χ3v) is 3.70. The zero-order valence-electron chi connectivity index (χ0n) is 11.5. The first-order chi connectivity index (χ1) is 9.74. The number of oxazole rings is 1. The fourth-order valence-corrected chi connectivity index (χ4v) is 2.56. The minimum absolute atomic E-state index is 0.229. The third kappa shape index (κ3) is 2.92. The molecule has 20 heavy (non-hydrogen) atoms. The highest BCUT2D eigenvalue weighted by molar-refractivity contribution is 5.76. The molecule has 1 aromatic heterocycles. The van der Waals surface area contributed by atoms with Gasteiger partial charge in [-0.25, -0.2) is 4.98 Å². The maximum absolute atomic E-state index is 8.93. The van der Waals surface area contributed by atoms with Crippen LogP contribution in [-0.2, 0) is 6.54 Å². The van der Waals surface area contributed by atoms with Crippen LogP contribution in [0.15, 0.2) is 22.6 Å². The van der Waals surface area contributed by atoms with Gasteiger partial charge in [0.25, 0.3) is 0 Å². The van der Waals surface area contributed by atoms with Gasteiger partial charge in [0.05, 0.1) is 13.2 Å². The van der Waals surface area contributed by atoms with Crippen LogP contribution in [0.25, 0.3) is 11.1 Å². The van der Waals surface area contributed by atoms with E-state index >= 15 is 0 Å². The number of fused-ring (bicyclic) bond motifs is 1. The number of benzene rings is 1. The average molecular weight is 276 g/mol. The smallest absolute Gasteiger partial charge is 0.209 e. The number of nitrogens with two attached hydrogens (primary N) is 1. The molecule has 0 unspecified atom stereocenters. The molecule has 2 heterocycles. The highest BCUT2D eigenvalue weighted by Crippen LogP contribution is 2.19. The van der Waals surface area contributed by atoms with E-state index < -0.39 is 0 Å². The number of aliphatic hydroxyl groups is 1. The molecule has 1 fully saturated rings. The van der Waals surface area contributed by atoms with E-state index in [-0.39, 0.29) is 6.61 Å². The molecule has 6 nitrogen and oxygen atoms in total. The van der Waals surface area contributed by atoms with Crippen LogP contribution in [0.3, 0.4) is 0 Å². The maximum atomic E-state index is 8.93. The van der Waals surface area contributed by atoms with Crippen molar-refractivity contribution in [3.63, 3.8) is 0 Å². The summed E-state index contributed by atoms with van der Waals surface area (Å²) < 4.78 is 5.74. The van der Waals surface area contributed by atoms with Crippen molar-refractivity contribution in [3.05, 3.63) is 24.1 Å². The van der Waals surface area contributed by atoms with E-state index in [0.717, 1.165) is 56.3 Å². The van der Waals surface area contributed by atoms with Gasteiger partial charge in [-0.15, -0.1) is 0 Å². The zero-order chi connectivity index (χ0) is 13.9. The van der Waals surface area contributed by atoms with Crippen LogP contribution >= 0.6 is 0 Å². The Labute approximate surface area is 117 Å². The number of nitrogens with zero attached hydrogens (tertiary/aromatic N) is 3. The van der Waals surface area contributed by atoms with Gasteiger partial charge in [-0.2, -0.15) is 0 Å². The zero-order valence-corrected chi connectivity index (χ0v) is 11.5. The summed E-state index contributed by atoms with van der Waals surface area (Å²) in [5.74, 6) is 0.737. The van der Waals surface area contributed by atoms with E-state index in [1.807, 2.05) is 18.2 Å². The second kappa shape index (κ2) is 5.78. The molecule has 0 aliphatic carbocycles. The first kappa shape index (κ1) is 13.4. The van der Waals surface area contributed by atoms with E-state index in [0.29, 0.717) is 5.69 Å². The molecule has 1 saturated heterocycles. The lowest BCUT2D eigenvalue weighted by molar-refractivity contribution is 0.103. The molecule has 6 heteroatoms. The van der Waals surface area contributed by atoms with Crippen LogP contribution in [0.4, 0.5) is 5.69 Å². The van der Waals surface area contributed by atoms with Crippen LogP contribution in [-0.4, -0.2) is 59.2 Å². The second-order valence-electron chi connectivity index (χ2n) is 5.18. The number of anilines is 1. The Morgan fingerprint density at radius 3 is 2.70 bits per heavy atom. The molecule has 0 bridgehead atoms. The topological polar surface area (TPSA) is 78.8 Å². The normalized spacial score (nSPS) is 17.9. The maximum Gasteiger partial charge on any atom is 0.209 e. The Balaban J connectivity index is 1.62. The number of nitrogen functional groups attached to an aromatic ring is 1. The van der Waals surface area contributed by atoms with Crippen molar-refractivity contribution in [3.8, 4) is 0 Å². The SMILES string of the molecule is Nc1ccc2nc(CN3CCN(CCO)CC3)oc2c1. The van der Waals surface area contributed by atoms with Crippen LogP contribution in [0.5, 0.6) is 0 Å².